The summed E-state index contributed by atoms with van der Waals surface area (Å²) in [6.07, 6.45) is 5.80. The van der Waals surface area contributed by atoms with Crippen LogP contribution in [0.15, 0.2) is 35.5 Å². The van der Waals surface area contributed by atoms with Crippen LogP contribution in [0.3, 0.4) is 0 Å². The average molecular weight is 316 g/mol. The number of carbonyl (C=O) groups is 2. The van der Waals surface area contributed by atoms with Crippen LogP contribution in [0, 0.1) is 17.3 Å². The van der Waals surface area contributed by atoms with E-state index >= 15 is 0 Å². The number of Topliss-reactive ketones (excluding diaryl/α,β-unsaturated/α-hetero) is 1. The van der Waals surface area contributed by atoms with Crippen molar-refractivity contribution in [3.05, 3.63) is 35.5 Å². The summed E-state index contributed by atoms with van der Waals surface area (Å²) in [7, 11) is 0. The van der Waals surface area contributed by atoms with Crippen LogP contribution in [0.5, 0.6) is 0 Å². The Morgan fingerprint density at radius 1 is 1.43 bits per heavy atom. The van der Waals surface area contributed by atoms with E-state index in [0.717, 1.165) is 24.0 Å². The topological polar surface area (TPSA) is 43.4 Å². The normalized spacial score (nSPS) is 34.5. The molecule has 0 bridgehead atoms. The maximum Gasteiger partial charge on any atom is 0.333 e. The third-order valence-corrected chi connectivity index (χ3v) is 5.84. The van der Waals surface area contributed by atoms with E-state index in [-0.39, 0.29) is 29.7 Å². The number of fused-ring (bicyclic) bond motifs is 1. The number of allylic oxidation sites excluding steroid dienone is 2. The summed E-state index contributed by atoms with van der Waals surface area (Å²) in [6, 6.07) is 0. The SMILES string of the molecule is C=C(C)[C@H]1CC(=O)C2=CCC[C@H](C)[C@@]2(C)[C@@H]1OC(=O)/C(C)=C\C. The van der Waals surface area contributed by atoms with Crippen LogP contribution in [-0.2, 0) is 14.3 Å². The van der Waals surface area contributed by atoms with Crippen LogP contribution in [0.25, 0.3) is 0 Å². The van der Waals surface area contributed by atoms with Crippen molar-refractivity contribution in [3.8, 4) is 0 Å². The Morgan fingerprint density at radius 2 is 2.09 bits per heavy atom. The number of rotatable bonds is 3. The smallest absolute Gasteiger partial charge is 0.333 e. The van der Waals surface area contributed by atoms with E-state index in [2.05, 4.69) is 26.5 Å². The number of ether oxygens (including phenoxy) is 1. The Morgan fingerprint density at radius 3 is 2.65 bits per heavy atom. The Labute approximate surface area is 139 Å². The first-order valence-electron chi connectivity index (χ1n) is 8.46. The lowest BCUT2D eigenvalue weighted by Crippen LogP contribution is -2.53. The lowest BCUT2D eigenvalue weighted by molar-refractivity contribution is -0.160. The first kappa shape index (κ1) is 17.7. The molecule has 2 rings (SSSR count). The highest BCUT2D eigenvalue weighted by Crippen LogP contribution is 2.53. The van der Waals surface area contributed by atoms with E-state index in [9.17, 15) is 9.59 Å². The van der Waals surface area contributed by atoms with Gasteiger partial charge in [-0.3, -0.25) is 4.79 Å². The molecule has 0 aromatic rings. The average Bonchev–Trinajstić information content (AvgIpc) is 2.50. The van der Waals surface area contributed by atoms with Gasteiger partial charge in [-0.1, -0.05) is 38.2 Å². The van der Waals surface area contributed by atoms with Crippen molar-refractivity contribution in [2.45, 2.75) is 60.0 Å². The summed E-state index contributed by atoms with van der Waals surface area (Å²) < 4.78 is 5.95. The van der Waals surface area contributed by atoms with Gasteiger partial charge in [0.1, 0.15) is 6.10 Å². The maximum absolute atomic E-state index is 12.7. The fourth-order valence-electron chi connectivity index (χ4n) is 3.91. The van der Waals surface area contributed by atoms with Crippen LogP contribution >= 0.6 is 0 Å². The van der Waals surface area contributed by atoms with E-state index in [1.807, 2.05) is 13.8 Å². The van der Waals surface area contributed by atoms with Crippen LogP contribution < -0.4 is 0 Å². The second kappa shape index (κ2) is 6.46. The van der Waals surface area contributed by atoms with Crippen LogP contribution in [-0.4, -0.2) is 17.9 Å². The Hall–Kier alpha value is -1.64. The summed E-state index contributed by atoms with van der Waals surface area (Å²) in [4.78, 5) is 25.0. The zero-order valence-electron chi connectivity index (χ0n) is 14.9. The van der Waals surface area contributed by atoms with Gasteiger partial charge >= 0.3 is 5.97 Å². The molecule has 3 heteroatoms. The molecular weight excluding hydrogens is 288 g/mol. The van der Waals surface area contributed by atoms with E-state index in [1.165, 1.54) is 0 Å². The number of ketones is 1. The lowest BCUT2D eigenvalue weighted by atomic mass is 9.55. The van der Waals surface area contributed by atoms with Gasteiger partial charge in [0, 0.05) is 28.9 Å². The Balaban J connectivity index is 2.49. The quantitative estimate of drug-likeness (QED) is 0.440. The highest BCUT2D eigenvalue weighted by atomic mass is 16.5. The van der Waals surface area contributed by atoms with E-state index in [4.69, 9.17) is 4.74 Å². The van der Waals surface area contributed by atoms with Gasteiger partial charge in [0.15, 0.2) is 5.78 Å². The van der Waals surface area contributed by atoms with Gasteiger partial charge in [0.25, 0.3) is 0 Å². The van der Waals surface area contributed by atoms with E-state index < -0.39 is 5.41 Å². The van der Waals surface area contributed by atoms with Crippen LogP contribution in [0.4, 0.5) is 0 Å². The van der Waals surface area contributed by atoms with Crippen molar-refractivity contribution in [1.82, 2.24) is 0 Å². The number of hydrogen-bond acceptors (Lipinski definition) is 3. The first-order chi connectivity index (χ1) is 10.7. The zero-order chi connectivity index (χ0) is 17.4. The van der Waals surface area contributed by atoms with Crippen LogP contribution in [0.2, 0.25) is 0 Å². The van der Waals surface area contributed by atoms with Crippen molar-refractivity contribution in [2.24, 2.45) is 17.3 Å². The summed E-state index contributed by atoms with van der Waals surface area (Å²) in [5, 5.41) is 0. The fourth-order valence-corrected chi connectivity index (χ4v) is 3.91. The predicted molar refractivity (Wildman–Crippen MR) is 91.8 cm³/mol. The monoisotopic (exact) mass is 316 g/mol. The molecule has 0 saturated heterocycles. The van der Waals surface area contributed by atoms with Crippen molar-refractivity contribution >= 4 is 11.8 Å². The number of hydrogen-bond donors (Lipinski definition) is 0. The molecule has 126 valence electrons. The van der Waals surface area contributed by atoms with Gasteiger partial charge in [-0.2, -0.15) is 0 Å². The summed E-state index contributed by atoms with van der Waals surface area (Å²) >= 11 is 0. The fraction of sp³-hybridized carbons (Fsp3) is 0.600. The second-order valence-corrected chi connectivity index (χ2v) is 7.26. The number of carbonyl (C=O) groups excluding carboxylic acids is 2. The van der Waals surface area contributed by atoms with Gasteiger partial charge < -0.3 is 4.74 Å². The van der Waals surface area contributed by atoms with Crippen molar-refractivity contribution in [2.75, 3.05) is 0 Å². The first-order valence-corrected chi connectivity index (χ1v) is 8.46. The molecule has 23 heavy (non-hydrogen) atoms. The van der Waals surface area contributed by atoms with Gasteiger partial charge in [-0.15, -0.1) is 0 Å². The molecule has 0 radical (unpaired) electrons. The van der Waals surface area contributed by atoms with Crippen molar-refractivity contribution in [3.63, 3.8) is 0 Å². The molecular formula is C20H28O3. The molecule has 0 N–H and O–H groups in total. The second-order valence-electron chi connectivity index (χ2n) is 7.26. The minimum absolute atomic E-state index is 0.112. The summed E-state index contributed by atoms with van der Waals surface area (Å²) in [5.41, 5.74) is 1.93. The highest BCUT2D eigenvalue weighted by molar-refractivity contribution is 5.98. The molecule has 0 unspecified atom stereocenters. The molecule has 2 aliphatic carbocycles. The molecule has 0 aromatic heterocycles. The van der Waals surface area contributed by atoms with Gasteiger partial charge in [-0.25, -0.2) is 4.79 Å². The zero-order valence-corrected chi connectivity index (χ0v) is 14.9. The van der Waals surface area contributed by atoms with Gasteiger partial charge in [0.05, 0.1) is 0 Å². The lowest BCUT2D eigenvalue weighted by Gasteiger charge is -2.51. The largest absolute Gasteiger partial charge is 0.457 e. The molecule has 2 aliphatic rings. The standard InChI is InChI=1S/C20H28O3/c1-7-13(4)19(22)23-18-15(12(2)3)11-17(21)16-10-8-9-14(5)20(16,18)6/h7,10,14-15,18H,2,8-9,11H2,1,3-6H3/b13-7-/t14-,15+,18+,20+/m0/s1. The minimum Gasteiger partial charge on any atom is -0.457 e. The van der Waals surface area contributed by atoms with Crippen molar-refractivity contribution < 1.29 is 14.3 Å². The minimum atomic E-state index is -0.430. The highest BCUT2D eigenvalue weighted by Gasteiger charge is 2.54. The molecule has 4 atom stereocenters. The van der Waals surface area contributed by atoms with Crippen LogP contribution in [0.1, 0.15) is 53.9 Å². The van der Waals surface area contributed by atoms with E-state index in [1.54, 1.807) is 13.0 Å². The van der Waals surface area contributed by atoms with Gasteiger partial charge in [0.2, 0.25) is 0 Å². The third kappa shape index (κ3) is 2.93. The molecule has 0 amide bonds. The Kier molecular flexibility index (Phi) is 4.98. The third-order valence-electron chi connectivity index (χ3n) is 5.84. The van der Waals surface area contributed by atoms with E-state index in [0.29, 0.717) is 12.0 Å². The predicted octanol–water partition coefficient (Wildman–Crippen LogP) is 4.39. The number of esters is 1. The Bertz CT molecular complexity index is 596. The molecule has 3 nitrogen and oxygen atoms in total. The van der Waals surface area contributed by atoms with Gasteiger partial charge in [-0.05, 0) is 39.5 Å². The molecule has 0 heterocycles. The molecule has 0 aromatic carbocycles. The molecule has 0 spiro atoms. The summed E-state index contributed by atoms with van der Waals surface area (Å²) in [5.74, 6) is 0.0645. The maximum atomic E-state index is 12.7. The van der Waals surface area contributed by atoms with Crippen molar-refractivity contribution in [1.29, 1.82) is 0 Å². The summed E-state index contributed by atoms with van der Waals surface area (Å²) in [6.45, 7) is 13.8. The molecule has 0 aliphatic heterocycles. The molecule has 1 saturated carbocycles. The molecule has 1 fully saturated rings.